The molecule has 1 aromatic rings. The van der Waals surface area contributed by atoms with Crippen LogP contribution in [-0.4, -0.2) is 78.6 Å². The molecule has 4 rings (SSSR count). The van der Waals surface area contributed by atoms with E-state index >= 15 is 0 Å². The molecule has 1 aromatic carbocycles. The summed E-state index contributed by atoms with van der Waals surface area (Å²) in [5.74, 6) is 0. The summed E-state index contributed by atoms with van der Waals surface area (Å²) < 4.78 is 0. The third-order valence-electron chi connectivity index (χ3n) is 6.33. The minimum Gasteiger partial charge on any atom is -0.331 e. The Bertz CT molecular complexity index is 656. The van der Waals surface area contributed by atoms with Gasteiger partial charge in [-0.2, -0.15) is 0 Å². The molecule has 0 spiro atoms. The fourth-order valence-corrected chi connectivity index (χ4v) is 4.36. The monoisotopic (exact) mass is 382 g/mol. The number of rotatable bonds is 6. The van der Waals surface area contributed by atoms with E-state index < -0.39 is 0 Å². The van der Waals surface area contributed by atoms with Crippen LogP contribution in [0.25, 0.3) is 6.08 Å². The van der Waals surface area contributed by atoms with Crippen LogP contribution in [0.5, 0.6) is 0 Å². The maximum atomic E-state index is 12.8. The quantitative estimate of drug-likeness (QED) is 0.822. The van der Waals surface area contributed by atoms with E-state index in [1.54, 1.807) is 0 Å². The number of hydrogen-bond acceptors (Lipinski definition) is 3. The number of carbonyl (C=O) groups excluding carboxylic acids is 1. The van der Waals surface area contributed by atoms with E-state index in [0.717, 1.165) is 52.1 Å². The molecule has 2 aliphatic heterocycles. The van der Waals surface area contributed by atoms with Gasteiger partial charge in [0.15, 0.2) is 0 Å². The Kier molecular flexibility index (Phi) is 6.33. The molecule has 5 nitrogen and oxygen atoms in total. The van der Waals surface area contributed by atoms with Crippen LogP contribution in [0.2, 0.25) is 0 Å². The first-order chi connectivity index (χ1) is 13.7. The summed E-state index contributed by atoms with van der Waals surface area (Å²) in [4.78, 5) is 19.7. The molecule has 0 unspecified atom stereocenters. The van der Waals surface area contributed by atoms with E-state index in [1.165, 1.54) is 37.9 Å². The molecule has 0 aromatic heterocycles. The third-order valence-corrected chi connectivity index (χ3v) is 6.33. The number of benzene rings is 1. The molecule has 0 radical (unpaired) electrons. The molecule has 0 bridgehead atoms. The topological polar surface area (TPSA) is 38.8 Å². The number of piperidine rings is 1. The van der Waals surface area contributed by atoms with Gasteiger partial charge in [0.1, 0.15) is 0 Å². The van der Waals surface area contributed by atoms with Crippen molar-refractivity contribution < 1.29 is 4.79 Å². The highest BCUT2D eigenvalue weighted by molar-refractivity contribution is 5.75. The first-order valence-corrected chi connectivity index (χ1v) is 11.0. The molecular weight excluding hydrogens is 348 g/mol. The number of nitrogens with zero attached hydrogens (tertiary/aromatic N) is 3. The van der Waals surface area contributed by atoms with E-state index in [2.05, 4.69) is 51.5 Å². The zero-order valence-electron chi connectivity index (χ0n) is 17.0. The summed E-state index contributed by atoms with van der Waals surface area (Å²) >= 11 is 0. The highest BCUT2D eigenvalue weighted by Crippen LogP contribution is 2.37. The SMILES string of the molecule is O=C(NC1(CN2CCCCC2)CC1)N1CCN(CC=Cc2ccccc2)CC1. The summed E-state index contributed by atoms with van der Waals surface area (Å²) in [7, 11) is 0. The Balaban J connectivity index is 1.18. The lowest BCUT2D eigenvalue weighted by Gasteiger charge is -2.36. The molecule has 3 fully saturated rings. The molecule has 152 valence electrons. The molecule has 2 saturated heterocycles. The van der Waals surface area contributed by atoms with Crippen molar-refractivity contribution in [3.05, 3.63) is 42.0 Å². The van der Waals surface area contributed by atoms with Gasteiger partial charge in [0.25, 0.3) is 0 Å². The lowest BCUT2D eigenvalue weighted by molar-refractivity contribution is 0.138. The lowest BCUT2D eigenvalue weighted by atomic mass is 10.1. The summed E-state index contributed by atoms with van der Waals surface area (Å²) in [5, 5.41) is 3.38. The van der Waals surface area contributed by atoms with E-state index in [0.29, 0.717) is 0 Å². The van der Waals surface area contributed by atoms with Crippen molar-refractivity contribution in [3.8, 4) is 0 Å². The van der Waals surface area contributed by atoms with Crippen LogP contribution < -0.4 is 5.32 Å². The smallest absolute Gasteiger partial charge is 0.317 e. The maximum absolute atomic E-state index is 12.8. The van der Waals surface area contributed by atoms with Gasteiger partial charge in [-0.15, -0.1) is 0 Å². The van der Waals surface area contributed by atoms with Gasteiger partial charge in [0.2, 0.25) is 0 Å². The van der Waals surface area contributed by atoms with Crippen molar-refractivity contribution in [2.24, 2.45) is 0 Å². The van der Waals surface area contributed by atoms with Crippen LogP contribution >= 0.6 is 0 Å². The van der Waals surface area contributed by atoms with Crippen molar-refractivity contribution in [1.82, 2.24) is 20.0 Å². The predicted octanol–water partition coefficient (Wildman–Crippen LogP) is 3.05. The minimum absolute atomic E-state index is 0.0595. The van der Waals surface area contributed by atoms with Crippen molar-refractivity contribution >= 4 is 12.1 Å². The fraction of sp³-hybridized carbons (Fsp3) is 0.609. The van der Waals surface area contributed by atoms with Crippen LogP contribution in [-0.2, 0) is 0 Å². The van der Waals surface area contributed by atoms with Gasteiger partial charge in [0.05, 0.1) is 5.54 Å². The first kappa shape index (κ1) is 19.5. The highest BCUT2D eigenvalue weighted by Gasteiger charge is 2.46. The molecular formula is C23H34N4O. The summed E-state index contributed by atoms with van der Waals surface area (Å²) in [5.41, 5.74) is 1.30. The average Bonchev–Trinajstić information content (AvgIpc) is 3.49. The maximum Gasteiger partial charge on any atom is 0.317 e. The van der Waals surface area contributed by atoms with Gasteiger partial charge in [-0.25, -0.2) is 4.79 Å². The summed E-state index contributed by atoms with van der Waals surface area (Å²) in [6.07, 6.45) is 10.7. The molecule has 2 amide bonds. The minimum atomic E-state index is 0.0595. The van der Waals surface area contributed by atoms with Crippen LogP contribution in [0.4, 0.5) is 4.79 Å². The van der Waals surface area contributed by atoms with Gasteiger partial charge in [-0.1, -0.05) is 48.9 Å². The second-order valence-corrected chi connectivity index (χ2v) is 8.65. The van der Waals surface area contributed by atoms with Crippen molar-refractivity contribution in [2.45, 2.75) is 37.6 Å². The fourth-order valence-electron chi connectivity index (χ4n) is 4.36. The largest absolute Gasteiger partial charge is 0.331 e. The van der Waals surface area contributed by atoms with E-state index in [1.807, 2.05) is 11.0 Å². The number of carbonyl (C=O) groups is 1. The van der Waals surface area contributed by atoms with Crippen molar-refractivity contribution in [3.63, 3.8) is 0 Å². The molecule has 0 atom stereocenters. The summed E-state index contributed by atoms with van der Waals surface area (Å²) in [6.45, 7) is 7.94. The highest BCUT2D eigenvalue weighted by atomic mass is 16.2. The van der Waals surface area contributed by atoms with Crippen LogP contribution in [0.1, 0.15) is 37.7 Å². The lowest BCUT2D eigenvalue weighted by Crippen LogP contribution is -2.56. The molecule has 28 heavy (non-hydrogen) atoms. The second-order valence-electron chi connectivity index (χ2n) is 8.65. The van der Waals surface area contributed by atoms with E-state index in [4.69, 9.17) is 0 Å². The summed E-state index contributed by atoms with van der Waals surface area (Å²) in [6, 6.07) is 10.6. The Labute approximate surface area is 169 Å². The van der Waals surface area contributed by atoms with E-state index in [9.17, 15) is 4.79 Å². The third kappa shape index (κ3) is 5.36. The zero-order chi connectivity index (χ0) is 19.2. The number of nitrogens with one attached hydrogen (secondary N) is 1. The molecule has 1 aliphatic carbocycles. The number of likely N-dealkylation sites (tertiary alicyclic amines) is 1. The predicted molar refractivity (Wildman–Crippen MR) is 114 cm³/mol. The van der Waals surface area contributed by atoms with Crippen LogP contribution in [0.3, 0.4) is 0 Å². The second kappa shape index (κ2) is 9.10. The van der Waals surface area contributed by atoms with Crippen LogP contribution in [0, 0.1) is 0 Å². The van der Waals surface area contributed by atoms with Gasteiger partial charge in [0, 0.05) is 39.3 Å². The number of urea groups is 1. The number of piperazine rings is 1. The normalized spacial score (nSPS) is 23.1. The first-order valence-electron chi connectivity index (χ1n) is 11.0. The Morgan fingerprint density at radius 2 is 1.64 bits per heavy atom. The zero-order valence-corrected chi connectivity index (χ0v) is 17.0. The molecule has 2 heterocycles. The van der Waals surface area contributed by atoms with Crippen molar-refractivity contribution in [1.29, 1.82) is 0 Å². The molecule has 3 aliphatic rings. The Hall–Kier alpha value is -1.85. The Morgan fingerprint density at radius 3 is 2.32 bits per heavy atom. The molecule has 1 saturated carbocycles. The van der Waals surface area contributed by atoms with Crippen molar-refractivity contribution in [2.75, 3.05) is 52.4 Å². The van der Waals surface area contributed by atoms with Crippen LogP contribution in [0.15, 0.2) is 36.4 Å². The molecule has 1 N–H and O–H groups in total. The van der Waals surface area contributed by atoms with Gasteiger partial charge >= 0.3 is 6.03 Å². The van der Waals surface area contributed by atoms with Gasteiger partial charge < -0.3 is 15.1 Å². The average molecular weight is 383 g/mol. The van der Waals surface area contributed by atoms with Gasteiger partial charge in [-0.3, -0.25) is 4.90 Å². The van der Waals surface area contributed by atoms with E-state index in [-0.39, 0.29) is 11.6 Å². The number of hydrogen-bond donors (Lipinski definition) is 1. The standard InChI is InChI=1S/C23H34N4O/c28-22(24-23(11-12-23)20-26-13-5-2-6-14-26)27-18-16-25(17-19-27)15-7-10-21-8-3-1-4-9-21/h1,3-4,7-10H,2,5-6,11-20H2,(H,24,28). The van der Waals surface area contributed by atoms with Gasteiger partial charge in [-0.05, 0) is 44.3 Å². The number of amides is 2. The molecule has 5 heteroatoms. The Morgan fingerprint density at radius 1 is 0.929 bits per heavy atom.